The number of rotatable bonds is 6. The molecule has 37 heavy (non-hydrogen) atoms. The predicted octanol–water partition coefficient (Wildman–Crippen LogP) is 3.26. The molecule has 1 aromatic heterocycles. The highest BCUT2D eigenvalue weighted by molar-refractivity contribution is 5.76. The zero-order valence-corrected chi connectivity index (χ0v) is 22.3. The van der Waals surface area contributed by atoms with Gasteiger partial charge in [-0.15, -0.1) is 10.2 Å². The predicted molar refractivity (Wildman–Crippen MR) is 149 cm³/mol. The molecule has 2 aromatic rings. The average Bonchev–Trinajstić information content (AvgIpc) is 2.93. The molecular formula is C29H43N7O. The fourth-order valence-electron chi connectivity index (χ4n) is 7.17. The number of anilines is 2. The van der Waals surface area contributed by atoms with Crippen molar-refractivity contribution in [1.29, 1.82) is 0 Å². The number of phenolic OH excluding ortho intramolecular Hbond substituents is 1. The lowest BCUT2D eigenvalue weighted by Crippen LogP contribution is -2.62. The molecule has 3 fully saturated rings. The minimum absolute atomic E-state index is 0.244. The van der Waals surface area contributed by atoms with E-state index in [-0.39, 0.29) is 5.75 Å². The second-order valence-corrected chi connectivity index (χ2v) is 11.7. The Balaban J connectivity index is 1.04. The summed E-state index contributed by atoms with van der Waals surface area (Å²) < 4.78 is 0. The quantitative estimate of drug-likeness (QED) is 0.552. The molecule has 2 unspecified atom stereocenters. The van der Waals surface area contributed by atoms with Crippen molar-refractivity contribution in [2.45, 2.75) is 51.1 Å². The lowest BCUT2D eigenvalue weighted by molar-refractivity contribution is 0.0509. The van der Waals surface area contributed by atoms with Gasteiger partial charge in [0.15, 0.2) is 5.82 Å². The standard InChI is InChI=1S/C29H43N7O/c1-21-19-34(13-4-5-22-8-11-30-12-9-22)14-10-26(21)35-15-16-36-23(20-35)18-31-29-27(36)17-25(32-33-29)24-6-2-3-7-28(24)37/h2-3,6-7,17,21-23,26,30,37H,4-5,8-16,18-20H2,1H3,(H,31,33)/t21?,23-,26?/m0/s1. The lowest BCUT2D eigenvalue weighted by Gasteiger charge is -2.50. The molecule has 0 spiro atoms. The summed E-state index contributed by atoms with van der Waals surface area (Å²) in [5.41, 5.74) is 2.57. The van der Waals surface area contributed by atoms with Gasteiger partial charge in [-0.2, -0.15) is 0 Å². The number of aromatic hydroxyl groups is 1. The van der Waals surface area contributed by atoms with Crippen LogP contribution in [0.4, 0.5) is 11.5 Å². The summed E-state index contributed by atoms with van der Waals surface area (Å²) in [5.74, 6) is 2.76. The summed E-state index contributed by atoms with van der Waals surface area (Å²) in [6.07, 6.45) is 6.79. The van der Waals surface area contributed by atoms with Crippen molar-refractivity contribution in [2.24, 2.45) is 11.8 Å². The van der Waals surface area contributed by atoms with Crippen LogP contribution in [0, 0.1) is 11.8 Å². The van der Waals surface area contributed by atoms with E-state index < -0.39 is 0 Å². The molecule has 8 heteroatoms. The highest BCUT2D eigenvalue weighted by Crippen LogP contribution is 2.37. The first-order valence-corrected chi connectivity index (χ1v) is 14.5. The zero-order valence-electron chi connectivity index (χ0n) is 22.3. The molecule has 3 N–H and O–H groups in total. The maximum Gasteiger partial charge on any atom is 0.172 e. The maximum absolute atomic E-state index is 10.3. The minimum Gasteiger partial charge on any atom is -0.507 e. The SMILES string of the molecule is CC1CN(CCCC2CCNCC2)CCC1N1CCN2c3cc(-c4ccccc4O)nnc3NC[C@H]2C1. The average molecular weight is 506 g/mol. The number of hydrogen-bond donors (Lipinski definition) is 3. The monoisotopic (exact) mass is 505 g/mol. The van der Waals surface area contributed by atoms with E-state index >= 15 is 0 Å². The molecule has 3 saturated heterocycles. The number of nitrogens with one attached hydrogen (secondary N) is 2. The molecule has 5 heterocycles. The number of benzene rings is 1. The molecule has 3 atom stereocenters. The molecule has 8 nitrogen and oxygen atoms in total. The summed E-state index contributed by atoms with van der Waals surface area (Å²) in [6, 6.07) is 10.6. The van der Waals surface area contributed by atoms with E-state index in [1.54, 1.807) is 6.07 Å². The molecule has 4 aliphatic rings. The van der Waals surface area contributed by atoms with Gasteiger partial charge in [0, 0.05) is 44.3 Å². The zero-order chi connectivity index (χ0) is 25.2. The number of para-hydroxylation sites is 1. The van der Waals surface area contributed by atoms with Crippen LogP contribution in [0.5, 0.6) is 5.75 Å². The molecular weight excluding hydrogens is 462 g/mol. The van der Waals surface area contributed by atoms with Crippen LogP contribution in [0.25, 0.3) is 11.3 Å². The normalized spacial score (nSPS) is 27.4. The van der Waals surface area contributed by atoms with Crippen molar-refractivity contribution < 1.29 is 5.11 Å². The molecule has 4 aliphatic heterocycles. The molecule has 0 radical (unpaired) electrons. The van der Waals surface area contributed by atoms with Crippen LogP contribution in [-0.2, 0) is 0 Å². The molecule has 200 valence electrons. The van der Waals surface area contributed by atoms with E-state index in [0.717, 1.165) is 54.9 Å². The Morgan fingerprint density at radius 2 is 1.89 bits per heavy atom. The topological polar surface area (TPSA) is 79.8 Å². The molecule has 0 aliphatic carbocycles. The van der Waals surface area contributed by atoms with Crippen molar-refractivity contribution >= 4 is 11.5 Å². The lowest BCUT2D eigenvalue weighted by atomic mass is 9.90. The number of fused-ring (bicyclic) bond motifs is 3. The molecule has 0 saturated carbocycles. The van der Waals surface area contributed by atoms with Gasteiger partial charge in [-0.3, -0.25) is 4.90 Å². The van der Waals surface area contributed by atoms with Gasteiger partial charge in [-0.1, -0.05) is 19.1 Å². The third kappa shape index (κ3) is 5.42. The number of piperazine rings is 1. The van der Waals surface area contributed by atoms with Gasteiger partial charge in [-0.25, -0.2) is 0 Å². The highest BCUT2D eigenvalue weighted by atomic mass is 16.3. The summed E-state index contributed by atoms with van der Waals surface area (Å²) in [7, 11) is 0. The van der Waals surface area contributed by atoms with E-state index in [1.807, 2.05) is 18.2 Å². The fourth-order valence-corrected chi connectivity index (χ4v) is 7.17. The van der Waals surface area contributed by atoms with E-state index in [4.69, 9.17) is 0 Å². The smallest absolute Gasteiger partial charge is 0.172 e. The molecule has 6 rings (SSSR count). The fraction of sp³-hybridized carbons (Fsp3) is 0.655. The third-order valence-corrected chi connectivity index (χ3v) is 9.24. The maximum atomic E-state index is 10.3. The van der Waals surface area contributed by atoms with E-state index in [2.05, 4.69) is 48.5 Å². The molecule has 1 aromatic carbocycles. The van der Waals surface area contributed by atoms with Gasteiger partial charge in [0.05, 0.1) is 17.4 Å². The molecule has 0 bridgehead atoms. The number of likely N-dealkylation sites (tertiary alicyclic amines) is 1. The van der Waals surface area contributed by atoms with Crippen molar-refractivity contribution in [3.8, 4) is 17.0 Å². The Labute approximate surface area is 221 Å². The summed E-state index contributed by atoms with van der Waals surface area (Å²) >= 11 is 0. The van der Waals surface area contributed by atoms with Gasteiger partial charge < -0.3 is 25.5 Å². The Bertz CT molecular complexity index is 1060. The van der Waals surface area contributed by atoms with Crippen LogP contribution in [0.1, 0.15) is 39.0 Å². The second-order valence-electron chi connectivity index (χ2n) is 11.7. The van der Waals surface area contributed by atoms with Crippen LogP contribution >= 0.6 is 0 Å². The minimum atomic E-state index is 0.244. The summed E-state index contributed by atoms with van der Waals surface area (Å²) in [4.78, 5) is 8.01. The van der Waals surface area contributed by atoms with Crippen molar-refractivity contribution in [3.63, 3.8) is 0 Å². The van der Waals surface area contributed by atoms with Crippen LogP contribution in [-0.4, -0.2) is 96.1 Å². The third-order valence-electron chi connectivity index (χ3n) is 9.24. The Morgan fingerprint density at radius 1 is 1.03 bits per heavy atom. The van der Waals surface area contributed by atoms with Crippen LogP contribution in [0.3, 0.4) is 0 Å². The number of piperidine rings is 2. The first-order chi connectivity index (χ1) is 18.2. The van der Waals surface area contributed by atoms with Gasteiger partial charge in [0.2, 0.25) is 0 Å². The van der Waals surface area contributed by atoms with E-state index in [9.17, 15) is 5.11 Å². The van der Waals surface area contributed by atoms with Crippen LogP contribution < -0.4 is 15.5 Å². The largest absolute Gasteiger partial charge is 0.507 e. The van der Waals surface area contributed by atoms with E-state index in [0.29, 0.717) is 18.0 Å². The summed E-state index contributed by atoms with van der Waals surface area (Å²) in [6.45, 7) is 12.8. The second kappa shape index (κ2) is 11.1. The van der Waals surface area contributed by atoms with Crippen LogP contribution in [0.2, 0.25) is 0 Å². The summed E-state index contributed by atoms with van der Waals surface area (Å²) in [5, 5.41) is 26.2. The first-order valence-electron chi connectivity index (χ1n) is 14.5. The van der Waals surface area contributed by atoms with Crippen molar-refractivity contribution in [3.05, 3.63) is 30.3 Å². The first kappa shape index (κ1) is 24.9. The molecule has 0 amide bonds. The van der Waals surface area contributed by atoms with Crippen molar-refractivity contribution in [1.82, 2.24) is 25.3 Å². The van der Waals surface area contributed by atoms with Gasteiger partial charge >= 0.3 is 0 Å². The van der Waals surface area contributed by atoms with Crippen molar-refractivity contribution in [2.75, 3.05) is 69.1 Å². The van der Waals surface area contributed by atoms with E-state index in [1.165, 1.54) is 64.8 Å². The van der Waals surface area contributed by atoms with Gasteiger partial charge in [-0.05, 0) is 88.3 Å². The van der Waals surface area contributed by atoms with Gasteiger partial charge in [0.25, 0.3) is 0 Å². The Kier molecular flexibility index (Phi) is 7.49. The van der Waals surface area contributed by atoms with Gasteiger partial charge in [0.1, 0.15) is 5.75 Å². The number of aromatic nitrogens is 2. The number of hydrogen-bond acceptors (Lipinski definition) is 8. The Morgan fingerprint density at radius 3 is 2.73 bits per heavy atom. The number of nitrogens with zero attached hydrogens (tertiary/aromatic N) is 5. The highest BCUT2D eigenvalue weighted by Gasteiger charge is 2.38. The van der Waals surface area contributed by atoms with Crippen LogP contribution in [0.15, 0.2) is 30.3 Å². The number of phenols is 1. The Hall–Kier alpha value is -2.42.